The van der Waals surface area contributed by atoms with Crippen molar-refractivity contribution < 1.29 is 13.9 Å². The number of methoxy groups -OCH3 is 1. The molecule has 0 aliphatic heterocycles. The Morgan fingerprint density at radius 2 is 1.82 bits per heavy atom. The highest BCUT2D eigenvalue weighted by Crippen LogP contribution is 2.22. The predicted molar refractivity (Wildman–Crippen MR) is 87.3 cm³/mol. The Morgan fingerprint density at radius 3 is 2.55 bits per heavy atom. The van der Waals surface area contributed by atoms with Crippen LogP contribution in [0.25, 0.3) is 16.8 Å². The van der Waals surface area contributed by atoms with Crippen molar-refractivity contribution in [1.82, 2.24) is 0 Å². The zero-order valence-electron chi connectivity index (χ0n) is 12.5. The standard InChI is InChI=1S/C19H16O3/c1-13-3-7-17(22-13)9-10-19(20)16-5-4-15-12-18(21-2)8-6-14(15)11-16/h3-12H,1-2H3/b10-9-. The summed E-state index contributed by atoms with van der Waals surface area (Å²) in [5, 5.41) is 2.05. The maximum atomic E-state index is 12.2. The minimum Gasteiger partial charge on any atom is -0.497 e. The quantitative estimate of drug-likeness (QED) is 0.519. The Morgan fingerprint density at radius 1 is 1.05 bits per heavy atom. The minimum absolute atomic E-state index is 0.0493. The summed E-state index contributed by atoms with van der Waals surface area (Å²) in [6.45, 7) is 1.87. The summed E-state index contributed by atoms with van der Waals surface area (Å²) in [5.41, 5.74) is 0.650. The average Bonchev–Trinajstić information content (AvgIpc) is 2.97. The van der Waals surface area contributed by atoms with Crippen LogP contribution in [0.15, 0.2) is 59.0 Å². The number of aryl methyl sites for hydroxylation is 1. The van der Waals surface area contributed by atoms with Gasteiger partial charge in [0.1, 0.15) is 17.3 Å². The van der Waals surface area contributed by atoms with Gasteiger partial charge in [-0.15, -0.1) is 0 Å². The van der Waals surface area contributed by atoms with Gasteiger partial charge in [-0.2, -0.15) is 0 Å². The fourth-order valence-electron chi connectivity index (χ4n) is 2.30. The zero-order chi connectivity index (χ0) is 15.5. The monoisotopic (exact) mass is 292 g/mol. The van der Waals surface area contributed by atoms with Gasteiger partial charge in [-0.3, -0.25) is 4.79 Å². The van der Waals surface area contributed by atoms with Gasteiger partial charge in [-0.05, 0) is 60.2 Å². The number of ether oxygens (including phenoxy) is 1. The van der Waals surface area contributed by atoms with Crippen molar-refractivity contribution in [1.29, 1.82) is 0 Å². The van der Waals surface area contributed by atoms with Crippen LogP contribution in [0, 0.1) is 6.92 Å². The van der Waals surface area contributed by atoms with Crippen molar-refractivity contribution >= 4 is 22.6 Å². The van der Waals surface area contributed by atoms with Crippen LogP contribution in [0.2, 0.25) is 0 Å². The zero-order valence-corrected chi connectivity index (χ0v) is 12.5. The van der Waals surface area contributed by atoms with E-state index in [1.165, 1.54) is 6.08 Å². The fourth-order valence-corrected chi connectivity index (χ4v) is 2.30. The lowest BCUT2D eigenvalue weighted by Gasteiger charge is -2.04. The second-order valence-corrected chi connectivity index (χ2v) is 5.07. The molecule has 0 spiro atoms. The van der Waals surface area contributed by atoms with Gasteiger partial charge in [0.15, 0.2) is 5.78 Å². The Bertz CT molecular complexity index is 856. The molecule has 0 amide bonds. The van der Waals surface area contributed by atoms with Crippen molar-refractivity contribution in [3.05, 3.63) is 71.7 Å². The number of benzene rings is 2. The van der Waals surface area contributed by atoms with Gasteiger partial charge in [0.2, 0.25) is 0 Å². The molecular weight excluding hydrogens is 276 g/mol. The van der Waals surface area contributed by atoms with Crippen LogP contribution in [0.3, 0.4) is 0 Å². The molecule has 0 aliphatic carbocycles. The summed E-state index contributed by atoms with van der Waals surface area (Å²) in [5.74, 6) is 2.26. The summed E-state index contributed by atoms with van der Waals surface area (Å²) in [7, 11) is 1.64. The van der Waals surface area contributed by atoms with E-state index in [9.17, 15) is 4.79 Å². The van der Waals surface area contributed by atoms with E-state index < -0.39 is 0 Å². The summed E-state index contributed by atoms with van der Waals surface area (Å²) in [6.07, 6.45) is 3.22. The summed E-state index contributed by atoms with van der Waals surface area (Å²) < 4.78 is 10.6. The Labute approximate surface area is 128 Å². The second kappa shape index (κ2) is 5.90. The first-order valence-electron chi connectivity index (χ1n) is 7.02. The van der Waals surface area contributed by atoms with Crippen LogP contribution in [-0.4, -0.2) is 12.9 Å². The third-order valence-corrected chi connectivity index (χ3v) is 3.49. The molecule has 1 heterocycles. The van der Waals surface area contributed by atoms with Crippen molar-refractivity contribution in [3.8, 4) is 5.75 Å². The van der Waals surface area contributed by atoms with E-state index in [4.69, 9.17) is 9.15 Å². The highest BCUT2D eigenvalue weighted by molar-refractivity contribution is 6.08. The molecule has 3 nitrogen and oxygen atoms in total. The maximum absolute atomic E-state index is 12.2. The number of rotatable bonds is 4. The minimum atomic E-state index is -0.0493. The van der Waals surface area contributed by atoms with E-state index in [2.05, 4.69) is 0 Å². The molecule has 0 saturated heterocycles. The first-order chi connectivity index (χ1) is 10.7. The summed E-state index contributed by atoms with van der Waals surface area (Å²) >= 11 is 0. The summed E-state index contributed by atoms with van der Waals surface area (Å²) in [4.78, 5) is 12.2. The molecule has 22 heavy (non-hydrogen) atoms. The molecule has 0 N–H and O–H groups in total. The van der Waals surface area contributed by atoms with Gasteiger partial charge < -0.3 is 9.15 Å². The van der Waals surface area contributed by atoms with Crippen LogP contribution in [0.5, 0.6) is 5.75 Å². The van der Waals surface area contributed by atoms with E-state index in [1.54, 1.807) is 13.2 Å². The maximum Gasteiger partial charge on any atom is 0.185 e. The van der Waals surface area contributed by atoms with Crippen LogP contribution < -0.4 is 4.74 Å². The molecule has 3 aromatic rings. The highest BCUT2D eigenvalue weighted by Gasteiger charge is 2.04. The predicted octanol–water partition coefficient (Wildman–Crippen LogP) is 4.65. The first-order valence-corrected chi connectivity index (χ1v) is 7.02. The first kappa shape index (κ1) is 14.1. The number of allylic oxidation sites excluding steroid dienone is 1. The van der Waals surface area contributed by atoms with Crippen molar-refractivity contribution in [3.63, 3.8) is 0 Å². The van der Waals surface area contributed by atoms with Crippen LogP contribution in [0.4, 0.5) is 0 Å². The lowest BCUT2D eigenvalue weighted by atomic mass is 10.0. The van der Waals surface area contributed by atoms with Crippen molar-refractivity contribution in [2.45, 2.75) is 6.92 Å². The van der Waals surface area contributed by atoms with E-state index in [-0.39, 0.29) is 5.78 Å². The molecule has 0 saturated carbocycles. The molecule has 0 fully saturated rings. The number of ketones is 1. The number of furan rings is 1. The van der Waals surface area contributed by atoms with E-state index in [0.29, 0.717) is 11.3 Å². The van der Waals surface area contributed by atoms with Gasteiger partial charge >= 0.3 is 0 Å². The Balaban J connectivity index is 1.86. The molecule has 110 valence electrons. The molecule has 3 heteroatoms. The molecular formula is C19H16O3. The smallest absolute Gasteiger partial charge is 0.185 e. The number of fused-ring (bicyclic) bond motifs is 1. The third kappa shape index (κ3) is 2.93. The number of carbonyl (C=O) groups is 1. The highest BCUT2D eigenvalue weighted by atomic mass is 16.5. The third-order valence-electron chi connectivity index (χ3n) is 3.49. The van der Waals surface area contributed by atoms with Gasteiger partial charge in [0.05, 0.1) is 7.11 Å². The SMILES string of the molecule is COc1ccc2cc(C(=O)/C=C\c3ccc(C)o3)ccc2c1. The molecule has 0 unspecified atom stereocenters. The number of hydrogen-bond acceptors (Lipinski definition) is 3. The Hall–Kier alpha value is -2.81. The molecule has 3 rings (SSSR count). The van der Waals surface area contributed by atoms with Gasteiger partial charge in [0.25, 0.3) is 0 Å². The number of carbonyl (C=O) groups excluding carboxylic acids is 1. The second-order valence-electron chi connectivity index (χ2n) is 5.07. The van der Waals surface area contributed by atoms with E-state index in [1.807, 2.05) is 55.5 Å². The molecule has 0 radical (unpaired) electrons. The van der Waals surface area contributed by atoms with E-state index >= 15 is 0 Å². The van der Waals surface area contributed by atoms with Gasteiger partial charge in [-0.1, -0.05) is 18.2 Å². The van der Waals surface area contributed by atoms with Crippen molar-refractivity contribution in [2.75, 3.05) is 7.11 Å². The van der Waals surface area contributed by atoms with Gasteiger partial charge in [0, 0.05) is 5.56 Å². The lowest BCUT2D eigenvalue weighted by Crippen LogP contribution is -1.94. The van der Waals surface area contributed by atoms with Crippen LogP contribution >= 0.6 is 0 Å². The van der Waals surface area contributed by atoms with Gasteiger partial charge in [-0.25, -0.2) is 0 Å². The normalized spacial score (nSPS) is 11.2. The molecule has 1 aromatic heterocycles. The topological polar surface area (TPSA) is 39.4 Å². The summed E-state index contributed by atoms with van der Waals surface area (Å²) in [6, 6.07) is 15.1. The lowest BCUT2D eigenvalue weighted by molar-refractivity contribution is 0.104. The number of hydrogen-bond donors (Lipinski definition) is 0. The molecule has 0 atom stereocenters. The molecule has 2 aromatic carbocycles. The van der Waals surface area contributed by atoms with Crippen LogP contribution in [-0.2, 0) is 0 Å². The Kier molecular flexibility index (Phi) is 3.79. The molecule has 0 aliphatic rings. The fraction of sp³-hybridized carbons (Fsp3) is 0.105. The van der Waals surface area contributed by atoms with E-state index in [0.717, 1.165) is 22.3 Å². The average molecular weight is 292 g/mol. The van der Waals surface area contributed by atoms with Crippen molar-refractivity contribution in [2.24, 2.45) is 0 Å². The largest absolute Gasteiger partial charge is 0.497 e. The molecule has 0 bridgehead atoms. The van der Waals surface area contributed by atoms with Crippen LogP contribution in [0.1, 0.15) is 21.9 Å².